The van der Waals surface area contributed by atoms with Crippen LogP contribution in [0.15, 0.2) is 54.1 Å². The molecule has 0 radical (unpaired) electrons. The number of carbonyl (C=O) groups excluding carboxylic acids is 2. The summed E-state index contributed by atoms with van der Waals surface area (Å²) in [5, 5.41) is 31.0. The number of amides is 1. The molecule has 2 aromatic carbocycles. The summed E-state index contributed by atoms with van der Waals surface area (Å²) in [4.78, 5) is 37.1. The highest BCUT2D eigenvalue weighted by Crippen LogP contribution is 2.40. The molecule has 2 aromatic rings. The van der Waals surface area contributed by atoms with Crippen LogP contribution in [-0.2, 0) is 9.59 Å². The van der Waals surface area contributed by atoms with Crippen LogP contribution in [0.3, 0.4) is 0 Å². The Morgan fingerprint density at radius 1 is 1.13 bits per heavy atom. The van der Waals surface area contributed by atoms with Crippen molar-refractivity contribution in [1.82, 2.24) is 4.90 Å². The Balaban J connectivity index is 2.12. The lowest BCUT2D eigenvalue weighted by molar-refractivity contribution is -0.384. The van der Waals surface area contributed by atoms with Crippen LogP contribution < -0.4 is 4.74 Å². The molecule has 0 saturated carbocycles. The number of ketones is 1. The van der Waals surface area contributed by atoms with Crippen molar-refractivity contribution < 1.29 is 29.5 Å². The largest absolute Gasteiger partial charge is 0.507 e. The lowest BCUT2D eigenvalue weighted by atomic mass is 9.95. The number of carbonyl (C=O) groups is 2. The number of likely N-dealkylation sites (tertiary alicyclic amines) is 1. The average molecular weight is 412 g/mol. The molecule has 9 heteroatoms. The molecule has 1 unspecified atom stereocenters. The Hall–Kier alpha value is -3.72. The minimum absolute atomic E-state index is 0.0854. The Labute approximate surface area is 172 Å². The summed E-state index contributed by atoms with van der Waals surface area (Å²) in [5.41, 5.74) is 0.508. The van der Waals surface area contributed by atoms with E-state index in [2.05, 4.69) is 0 Å². The predicted octanol–water partition coefficient (Wildman–Crippen LogP) is 2.41. The van der Waals surface area contributed by atoms with Crippen LogP contribution in [0.1, 0.15) is 23.6 Å². The van der Waals surface area contributed by atoms with Crippen molar-refractivity contribution in [3.63, 3.8) is 0 Å². The lowest BCUT2D eigenvalue weighted by Crippen LogP contribution is -2.31. The van der Waals surface area contributed by atoms with Crippen molar-refractivity contribution in [3.8, 4) is 5.75 Å². The molecule has 0 aliphatic carbocycles. The molecular weight excluding hydrogens is 392 g/mol. The minimum atomic E-state index is -0.931. The van der Waals surface area contributed by atoms with E-state index < -0.39 is 22.7 Å². The molecule has 0 bridgehead atoms. The molecule has 1 amide bonds. The maximum Gasteiger partial charge on any atom is 0.295 e. The fourth-order valence-corrected chi connectivity index (χ4v) is 3.38. The van der Waals surface area contributed by atoms with Gasteiger partial charge in [-0.25, -0.2) is 0 Å². The van der Waals surface area contributed by atoms with E-state index in [1.807, 2.05) is 0 Å². The monoisotopic (exact) mass is 412 g/mol. The molecule has 156 valence electrons. The van der Waals surface area contributed by atoms with E-state index in [4.69, 9.17) is 9.84 Å². The molecule has 3 rings (SSSR count). The van der Waals surface area contributed by atoms with Crippen molar-refractivity contribution in [2.45, 2.75) is 12.5 Å². The molecule has 1 saturated heterocycles. The molecule has 2 N–H and O–H groups in total. The number of hydrogen-bond donors (Lipinski definition) is 2. The third-order valence-electron chi connectivity index (χ3n) is 4.88. The van der Waals surface area contributed by atoms with Gasteiger partial charge in [-0.3, -0.25) is 19.7 Å². The Kier molecular flexibility index (Phi) is 6.12. The molecule has 0 aromatic heterocycles. The van der Waals surface area contributed by atoms with Gasteiger partial charge in [-0.2, -0.15) is 0 Å². The number of ether oxygens (including phenoxy) is 1. The Morgan fingerprint density at radius 3 is 2.30 bits per heavy atom. The molecule has 1 aliphatic heterocycles. The summed E-state index contributed by atoms with van der Waals surface area (Å²) in [6, 6.07) is 10.8. The number of Topliss-reactive ketones (excluding diaryl/α,β-unsaturated/α-hetero) is 1. The van der Waals surface area contributed by atoms with Crippen LogP contribution in [0.4, 0.5) is 5.69 Å². The third kappa shape index (κ3) is 3.87. The SMILES string of the molecule is COc1ccc(/C(O)=C2\C(=O)C(=O)N(CCCO)C2c2ccc([N+](=O)[O-])cc2)cc1. The van der Waals surface area contributed by atoms with E-state index in [0.29, 0.717) is 16.9 Å². The normalized spacial score (nSPS) is 17.9. The van der Waals surface area contributed by atoms with Crippen LogP contribution in [0.25, 0.3) is 5.76 Å². The lowest BCUT2D eigenvalue weighted by Gasteiger charge is -2.25. The first-order valence-electron chi connectivity index (χ1n) is 9.17. The summed E-state index contributed by atoms with van der Waals surface area (Å²) in [6.07, 6.45) is 0.235. The second kappa shape index (κ2) is 8.75. The standard InChI is InChI=1S/C21H20N2O7/c1-30-16-9-5-14(6-10-16)19(25)17-18(13-3-7-15(8-4-13)23(28)29)22(11-2-12-24)21(27)20(17)26/h3-10,18,24-25H,2,11-12H2,1H3/b19-17+. The van der Waals surface area contributed by atoms with Crippen molar-refractivity contribution in [2.75, 3.05) is 20.3 Å². The number of aliphatic hydroxyl groups is 2. The Bertz CT molecular complexity index is 997. The number of nitrogens with zero attached hydrogens (tertiary/aromatic N) is 2. The molecule has 1 aliphatic rings. The van der Waals surface area contributed by atoms with Crippen molar-refractivity contribution >= 4 is 23.1 Å². The van der Waals surface area contributed by atoms with Crippen LogP contribution in [0, 0.1) is 10.1 Å². The van der Waals surface area contributed by atoms with E-state index in [1.54, 1.807) is 24.3 Å². The predicted molar refractivity (Wildman–Crippen MR) is 107 cm³/mol. The zero-order chi connectivity index (χ0) is 21.8. The van der Waals surface area contributed by atoms with E-state index in [9.17, 15) is 24.8 Å². The summed E-state index contributed by atoms with van der Waals surface area (Å²) in [5.74, 6) is -1.46. The Morgan fingerprint density at radius 2 is 1.77 bits per heavy atom. The first-order chi connectivity index (χ1) is 14.4. The summed E-state index contributed by atoms with van der Waals surface area (Å²) < 4.78 is 5.09. The van der Waals surface area contributed by atoms with Gasteiger partial charge in [0.25, 0.3) is 17.4 Å². The first kappa shape index (κ1) is 21.0. The zero-order valence-corrected chi connectivity index (χ0v) is 16.1. The summed E-state index contributed by atoms with van der Waals surface area (Å²) in [7, 11) is 1.50. The fraction of sp³-hybridized carbons (Fsp3) is 0.238. The van der Waals surface area contributed by atoms with Gasteiger partial charge in [-0.05, 0) is 48.4 Å². The van der Waals surface area contributed by atoms with Gasteiger partial charge >= 0.3 is 0 Å². The van der Waals surface area contributed by atoms with E-state index in [0.717, 1.165) is 0 Å². The maximum absolute atomic E-state index is 12.8. The van der Waals surface area contributed by atoms with Crippen LogP contribution >= 0.6 is 0 Å². The second-order valence-electron chi connectivity index (χ2n) is 6.65. The highest BCUT2D eigenvalue weighted by atomic mass is 16.6. The molecule has 9 nitrogen and oxygen atoms in total. The summed E-state index contributed by atoms with van der Waals surface area (Å²) in [6.45, 7) is -0.101. The number of nitro benzene ring substituents is 1. The number of rotatable bonds is 7. The quantitative estimate of drug-likeness (QED) is 0.235. The molecule has 30 heavy (non-hydrogen) atoms. The highest BCUT2D eigenvalue weighted by molar-refractivity contribution is 6.46. The minimum Gasteiger partial charge on any atom is -0.507 e. The second-order valence-corrected chi connectivity index (χ2v) is 6.65. The van der Waals surface area contributed by atoms with Gasteiger partial charge in [-0.1, -0.05) is 0 Å². The number of methoxy groups -OCH3 is 1. The van der Waals surface area contributed by atoms with Gasteiger partial charge in [0.2, 0.25) is 0 Å². The number of nitro groups is 1. The first-order valence-corrected chi connectivity index (χ1v) is 9.17. The average Bonchev–Trinajstić information content (AvgIpc) is 3.02. The zero-order valence-electron chi connectivity index (χ0n) is 16.1. The molecule has 0 spiro atoms. The van der Waals surface area contributed by atoms with Gasteiger partial charge < -0.3 is 19.8 Å². The van der Waals surface area contributed by atoms with Gasteiger partial charge in [0, 0.05) is 30.8 Å². The third-order valence-corrected chi connectivity index (χ3v) is 4.88. The molecule has 1 heterocycles. The molecule has 1 fully saturated rings. The number of benzene rings is 2. The molecular formula is C21H20N2O7. The smallest absolute Gasteiger partial charge is 0.295 e. The maximum atomic E-state index is 12.8. The number of hydrogen-bond acceptors (Lipinski definition) is 7. The highest BCUT2D eigenvalue weighted by Gasteiger charge is 2.45. The number of non-ortho nitro benzene ring substituents is 1. The van der Waals surface area contributed by atoms with Gasteiger partial charge in [-0.15, -0.1) is 0 Å². The van der Waals surface area contributed by atoms with Gasteiger partial charge in [0.1, 0.15) is 11.5 Å². The van der Waals surface area contributed by atoms with Crippen molar-refractivity contribution in [3.05, 3.63) is 75.3 Å². The van der Waals surface area contributed by atoms with Crippen LogP contribution in [0.2, 0.25) is 0 Å². The topological polar surface area (TPSA) is 130 Å². The molecule has 1 atom stereocenters. The summed E-state index contributed by atoms with van der Waals surface area (Å²) >= 11 is 0. The van der Waals surface area contributed by atoms with E-state index in [-0.39, 0.29) is 36.6 Å². The van der Waals surface area contributed by atoms with Gasteiger partial charge in [0.05, 0.1) is 23.6 Å². The van der Waals surface area contributed by atoms with Crippen LogP contribution in [0.5, 0.6) is 5.75 Å². The van der Waals surface area contributed by atoms with Gasteiger partial charge in [0.15, 0.2) is 0 Å². The van der Waals surface area contributed by atoms with Crippen LogP contribution in [-0.4, -0.2) is 52.0 Å². The van der Waals surface area contributed by atoms with Crippen molar-refractivity contribution in [2.24, 2.45) is 0 Å². The number of aliphatic hydroxyl groups excluding tert-OH is 2. The fourth-order valence-electron chi connectivity index (χ4n) is 3.38. The van der Waals surface area contributed by atoms with E-state index >= 15 is 0 Å². The van der Waals surface area contributed by atoms with E-state index in [1.165, 1.54) is 36.3 Å². The van der Waals surface area contributed by atoms with Crippen molar-refractivity contribution in [1.29, 1.82) is 0 Å².